The first kappa shape index (κ1) is 22.3. The predicted molar refractivity (Wildman–Crippen MR) is 116 cm³/mol. The molecule has 3 unspecified atom stereocenters. The third kappa shape index (κ3) is 3.42. The molecule has 5 nitrogen and oxygen atoms in total. The highest BCUT2D eigenvalue weighted by atomic mass is 35.5. The maximum absolute atomic E-state index is 13.3. The smallest absolute Gasteiger partial charge is 0.233 e. The molecule has 1 amide bonds. The van der Waals surface area contributed by atoms with Crippen LogP contribution < -0.4 is 0 Å². The van der Waals surface area contributed by atoms with Crippen molar-refractivity contribution in [2.24, 2.45) is 0 Å². The second kappa shape index (κ2) is 7.09. The van der Waals surface area contributed by atoms with E-state index in [1.807, 2.05) is 0 Å². The molecule has 0 spiro atoms. The van der Waals surface area contributed by atoms with E-state index < -0.39 is 19.8 Å². The fourth-order valence-electron chi connectivity index (χ4n) is 4.52. The highest BCUT2D eigenvalue weighted by molar-refractivity contribution is 6.74. The summed E-state index contributed by atoms with van der Waals surface area (Å²) in [5, 5.41) is 21.2. The molecule has 1 aromatic carbocycles. The van der Waals surface area contributed by atoms with Crippen LogP contribution in [0.3, 0.4) is 0 Å². The van der Waals surface area contributed by atoms with E-state index >= 15 is 0 Å². The minimum absolute atomic E-state index is 0.0472. The van der Waals surface area contributed by atoms with Gasteiger partial charge in [-0.05, 0) is 55.6 Å². The Bertz CT molecular complexity index is 885. The Morgan fingerprint density at radius 1 is 1.38 bits per heavy atom. The van der Waals surface area contributed by atoms with Crippen molar-refractivity contribution >= 4 is 25.8 Å². The Morgan fingerprint density at radius 2 is 2.00 bits per heavy atom. The maximum Gasteiger partial charge on any atom is 0.233 e. The summed E-state index contributed by atoms with van der Waals surface area (Å²) in [5.74, 6) is -0.811. The van der Waals surface area contributed by atoms with Crippen LogP contribution in [0.1, 0.15) is 56.7 Å². The number of hydrogen-bond donors (Lipinski definition) is 1. The minimum Gasteiger partial charge on any atom is -0.412 e. The van der Waals surface area contributed by atoms with Crippen LogP contribution in [0, 0.1) is 18.3 Å². The number of aliphatic hydroxyl groups is 1. The van der Waals surface area contributed by atoms with Crippen LogP contribution in [0.25, 0.3) is 0 Å². The van der Waals surface area contributed by atoms with Crippen molar-refractivity contribution in [2.45, 2.75) is 82.8 Å². The average molecular weight is 435 g/mol. The van der Waals surface area contributed by atoms with Gasteiger partial charge in [-0.15, -0.1) is 0 Å². The van der Waals surface area contributed by atoms with Gasteiger partial charge in [-0.25, -0.2) is 0 Å². The van der Waals surface area contributed by atoms with Crippen molar-refractivity contribution in [3.8, 4) is 6.07 Å². The number of nitriles is 1. The van der Waals surface area contributed by atoms with Gasteiger partial charge >= 0.3 is 0 Å². The number of fused-ring (bicyclic) bond motifs is 1. The molecule has 7 heteroatoms. The number of carbonyl (C=O) groups excluding carboxylic acids is 1. The highest BCUT2D eigenvalue weighted by Gasteiger charge is 2.62. The number of hydrogen-bond acceptors (Lipinski definition) is 4. The topological polar surface area (TPSA) is 73.6 Å². The van der Waals surface area contributed by atoms with Crippen molar-refractivity contribution in [3.05, 3.63) is 33.8 Å². The Labute approximate surface area is 179 Å². The molecule has 2 fully saturated rings. The number of nitrogens with zero attached hydrogens (tertiary/aromatic N) is 2. The summed E-state index contributed by atoms with van der Waals surface area (Å²) in [6.45, 7) is 15.1. The second-order valence-electron chi connectivity index (χ2n) is 10.1. The molecule has 29 heavy (non-hydrogen) atoms. The highest BCUT2D eigenvalue weighted by Crippen LogP contribution is 2.49. The Balaban J connectivity index is 1.99. The van der Waals surface area contributed by atoms with Crippen molar-refractivity contribution in [1.29, 1.82) is 5.26 Å². The number of rotatable bonds is 3. The number of benzene rings is 1. The Morgan fingerprint density at radius 3 is 2.55 bits per heavy atom. The fraction of sp³-hybridized carbons (Fsp3) is 0.636. The van der Waals surface area contributed by atoms with Crippen LogP contribution in [-0.2, 0) is 9.22 Å². The van der Waals surface area contributed by atoms with Crippen molar-refractivity contribution in [2.75, 3.05) is 6.54 Å². The molecule has 158 valence electrons. The van der Waals surface area contributed by atoms with E-state index in [-0.39, 0.29) is 23.1 Å². The Hall–Kier alpha value is -1.39. The molecule has 0 bridgehead atoms. The van der Waals surface area contributed by atoms with E-state index in [1.165, 1.54) is 0 Å². The van der Waals surface area contributed by atoms with Gasteiger partial charge in [0.1, 0.15) is 11.7 Å². The maximum atomic E-state index is 13.3. The van der Waals surface area contributed by atoms with E-state index in [1.54, 1.807) is 30.9 Å². The zero-order valence-electron chi connectivity index (χ0n) is 18.3. The van der Waals surface area contributed by atoms with Gasteiger partial charge in [0.15, 0.2) is 8.32 Å². The zero-order valence-corrected chi connectivity index (χ0v) is 20.1. The van der Waals surface area contributed by atoms with Crippen LogP contribution in [0.15, 0.2) is 12.1 Å². The normalized spacial score (nSPS) is 29.9. The number of amides is 1. The summed E-state index contributed by atoms with van der Waals surface area (Å²) < 4.78 is 6.65. The molecule has 1 N–H and O–H groups in total. The summed E-state index contributed by atoms with van der Waals surface area (Å²) >= 11 is 6.36. The quantitative estimate of drug-likeness (QED) is 0.717. The van der Waals surface area contributed by atoms with E-state index in [0.29, 0.717) is 28.3 Å². The standard InChI is InChI=1S/C22H31ClN2O3Si/c1-13-15(9-8-14(12-24)18(13)23)17-20(26)25-11-10-16(19(25)22(17,5)27)28-29(6,7)21(2,3)4/h8-9,16-17,19,27H,10-11H2,1-7H3/t16-,17?,19?,22?/m0/s1. The van der Waals surface area contributed by atoms with Crippen LogP contribution in [0.4, 0.5) is 0 Å². The van der Waals surface area contributed by atoms with Gasteiger partial charge in [0.05, 0.1) is 28.6 Å². The lowest BCUT2D eigenvalue weighted by Crippen LogP contribution is -2.53. The lowest BCUT2D eigenvalue weighted by Gasteiger charge is -2.42. The zero-order chi connectivity index (χ0) is 21.9. The first-order chi connectivity index (χ1) is 13.2. The van der Waals surface area contributed by atoms with E-state index in [0.717, 1.165) is 6.42 Å². The SMILES string of the molecule is Cc1c(C2C(=O)N3CC[C@H](O[Si](C)(C)C(C)(C)C)C3C2(C)O)ccc(C#N)c1Cl. The van der Waals surface area contributed by atoms with Crippen LogP contribution in [0.5, 0.6) is 0 Å². The van der Waals surface area contributed by atoms with Gasteiger partial charge in [-0.3, -0.25) is 4.79 Å². The summed E-state index contributed by atoms with van der Waals surface area (Å²) in [6, 6.07) is 5.06. The van der Waals surface area contributed by atoms with Crippen molar-refractivity contribution in [3.63, 3.8) is 0 Å². The lowest BCUT2D eigenvalue weighted by molar-refractivity contribution is -0.129. The number of halogens is 1. The first-order valence-corrected chi connectivity index (χ1v) is 13.4. The van der Waals surface area contributed by atoms with Gasteiger partial charge < -0.3 is 14.4 Å². The van der Waals surface area contributed by atoms with Crippen molar-refractivity contribution in [1.82, 2.24) is 4.90 Å². The Kier molecular flexibility index (Phi) is 5.45. The van der Waals surface area contributed by atoms with Gasteiger partial charge in [-0.2, -0.15) is 5.26 Å². The van der Waals surface area contributed by atoms with E-state index in [9.17, 15) is 15.2 Å². The molecular weight excluding hydrogens is 404 g/mol. The average Bonchev–Trinajstić information content (AvgIpc) is 3.09. The predicted octanol–water partition coefficient (Wildman–Crippen LogP) is 4.36. The number of carbonyl (C=O) groups is 1. The largest absolute Gasteiger partial charge is 0.412 e. The van der Waals surface area contributed by atoms with E-state index in [2.05, 4.69) is 39.9 Å². The lowest BCUT2D eigenvalue weighted by atomic mass is 9.78. The molecule has 2 aliphatic rings. The monoisotopic (exact) mass is 434 g/mol. The third-order valence-electron chi connectivity index (χ3n) is 7.17. The molecule has 4 atom stereocenters. The van der Waals surface area contributed by atoms with Crippen molar-refractivity contribution < 1.29 is 14.3 Å². The van der Waals surface area contributed by atoms with Gasteiger partial charge in [0.2, 0.25) is 5.91 Å². The molecule has 1 aromatic rings. The van der Waals surface area contributed by atoms with Crippen LogP contribution in [0.2, 0.25) is 23.2 Å². The van der Waals surface area contributed by atoms with Crippen LogP contribution in [-0.4, -0.2) is 48.5 Å². The molecule has 3 rings (SSSR count). The summed E-state index contributed by atoms with van der Waals surface area (Å²) in [7, 11) is -2.05. The summed E-state index contributed by atoms with van der Waals surface area (Å²) in [6.07, 6.45) is 0.549. The molecule has 2 aliphatic heterocycles. The molecule has 0 saturated carbocycles. The van der Waals surface area contributed by atoms with Gasteiger partial charge in [-0.1, -0.05) is 38.4 Å². The molecule has 0 radical (unpaired) electrons. The van der Waals surface area contributed by atoms with Gasteiger partial charge in [0.25, 0.3) is 0 Å². The molecular formula is C22H31ClN2O3Si. The molecule has 2 heterocycles. The van der Waals surface area contributed by atoms with E-state index in [4.69, 9.17) is 16.0 Å². The third-order valence-corrected chi connectivity index (χ3v) is 12.2. The second-order valence-corrected chi connectivity index (χ2v) is 15.2. The minimum atomic E-state index is -2.05. The molecule has 2 saturated heterocycles. The first-order valence-electron chi connectivity index (χ1n) is 10.1. The summed E-state index contributed by atoms with van der Waals surface area (Å²) in [4.78, 5) is 15.1. The fourth-order valence-corrected chi connectivity index (χ4v) is 6.09. The van der Waals surface area contributed by atoms with Crippen LogP contribution >= 0.6 is 11.6 Å². The molecule has 0 aliphatic carbocycles. The molecule has 0 aromatic heterocycles. The summed E-state index contributed by atoms with van der Waals surface area (Å²) in [5.41, 5.74) is 0.442. The van der Waals surface area contributed by atoms with Gasteiger partial charge in [0, 0.05) is 6.54 Å².